The first-order valence-electron chi connectivity index (χ1n) is 6.13. The van der Waals surface area contributed by atoms with Crippen LogP contribution in [0.5, 0.6) is 0 Å². The van der Waals surface area contributed by atoms with E-state index >= 15 is 0 Å². The monoisotopic (exact) mass is 292 g/mol. The molecule has 0 heterocycles. The highest BCUT2D eigenvalue weighted by molar-refractivity contribution is 7.89. The molecule has 0 atom stereocenters. The summed E-state index contributed by atoms with van der Waals surface area (Å²) >= 11 is 0. The molecule has 1 aromatic carbocycles. The minimum Gasteiger partial charge on any atom is -0.207 e. The summed E-state index contributed by atoms with van der Waals surface area (Å²) in [5.41, 5.74) is -0.467. The maximum absolute atomic E-state index is 13.6. The number of terminal acetylenes is 1. The smallest absolute Gasteiger partial charge is 0.207 e. The summed E-state index contributed by atoms with van der Waals surface area (Å²) < 4.78 is 39.8. The van der Waals surface area contributed by atoms with Gasteiger partial charge in [-0.25, -0.2) is 12.8 Å². The first kappa shape index (κ1) is 14.5. The van der Waals surface area contributed by atoms with E-state index in [4.69, 9.17) is 11.7 Å². The van der Waals surface area contributed by atoms with E-state index in [0.717, 1.165) is 23.2 Å². The highest BCUT2D eigenvalue weighted by atomic mass is 32.2. The highest BCUT2D eigenvalue weighted by Gasteiger charge is 2.33. The second-order valence-electron chi connectivity index (χ2n) is 4.67. The van der Waals surface area contributed by atoms with Gasteiger partial charge in [-0.1, -0.05) is 12.0 Å². The van der Waals surface area contributed by atoms with Gasteiger partial charge in [0.05, 0.1) is 6.54 Å². The molecule has 0 bridgehead atoms. The molecular formula is C14H13FN2O2S. The maximum atomic E-state index is 13.6. The minimum absolute atomic E-state index is 0.0831. The first-order chi connectivity index (χ1) is 9.50. The van der Waals surface area contributed by atoms with Crippen LogP contribution in [0.3, 0.4) is 0 Å². The van der Waals surface area contributed by atoms with E-state index in [1.54, 1.807) is 6.07 Å². The Bertz CT molecular complexity index is 697. The SMILES string of the molecule is C#CCN(CC1CC1)S(=O)(=O)c1cccc(F)c1C#N. The Morgan fingerprint density at radius 3 is 2.70 bits per heavy atom. The average molecular weight is 292 g/mol. The fourth-order valence-electron chi connectivity index (χ4n) is 1.90. The van der Waals surface area contributed by atoms with Gasteiger partial charge in [-0.2, -0.15) is 9.57 Å². The number of rotatable bonds is 5. The molecular weight excluding hydrogens is 279 g/mol. The Morgan fingerprint density at radius 2 is 2.15 bits per heavy atom. The van der Waals surface area contributed by atoms with Crippen molar-refractivity contribution in [3.05, 3.63) is 29.6 Å². The van der Waals surface area contributed by atoms with Crippen LogP contribution in [0.25, 0.3) is 0 Å². The molecule has 0 saturated heterocycles. The molecule has 0 spiro atoms. The van der Waals surface area contributed by atoms with Crippen molar-refractivity contribution in [1.82, 2.24) is 4.31 Å². The summed E-state index contributed by atoms with van der Waals surface area (Å²) in [6.45, 7) is 0.230. The Hall–Kier alpha value is -1.89. The summed E-state index contributed by atoms with van der Waals surface area (Å²) in [6, 6.07) is 5.16. The van der Waals surface area contributed by atoms with Gasteiger partial charge in [0, 0.05) is 6.54 Å². The lowest BCUT2D eigenvalue weighted by molar-refractivity contribution is 0.429. The molecule has 1 saturated carbocycles. The van der Waals surface area contributed by atoms with Gasteiger partial charge in [0.15, 0.2) is 0 Å². The Morgan fingerprint density at radius 1 is 1.45 bits per heavy atom. The average Bonchev–Trinajstić information content (AvgIpc) is 3.22. The lowest BCUT2D eigenvalue weighted by atomic mass is 10.2. The van der Waals surface area contributed by atoms with E-state index in [-0.39, 0.29) is 11.4 Å². The van der Waals surface area contributed by atoms with Gasteiger partial charge in [0.25, 0.3) is 0 Å². The van der Waals surface area contributed by atoms with Crippen LogP contribution in [0.4, 0.5) is 4.39 Å². The number of nitrogens with zero attached hydrogens (tertiary/aromatic N) is 2. The van der Waals surface area contributed by atoms with E-state index in [0.29, 0.717) is 12.5 Å². The van der Waals surface area contributed by atoms with Crippen molar-refractivity contribution < 1.29 is 12.8 Å². The van der Waals surface area contributed by atoms with Gasteiger partial charge >= 0.3 is 0 Å². The molecule has 1 aliphatic carbocycles. The van der Waals surface area contributed by atoms with Crippen molar-refractivity contribution in [2.45, 2.75) is 17.7 Å². The highest BCUT2D eigenvalue weighted by Crippen LogP contribution is 2.32. The van der Waals surface area contributed by atoms with Crippen molar-refractivity contribution in [1.29, 1.82) is 5.26 Å². The Labute approximate surface area is 117 Å². The van der Waals surface area contributed by atoms with Crippen molar-refractivity contribution in [3.63, 3.8) is 0 Å². The molecule has 0 amide bonds. The molecule has 0 radical (unpaired) electrons. The quantitative estimate of drug-likeness (QED) is 0.777. The van der Waals surface area contributed by atoms with E-state index in [1.807, 2.05) is 0 Å². The van der Waals surface area contributed by atoms with Gasteiger partial charge in [-0.15, -0.1) is 6.42 Å². The number of hydrogen-bond acceptors (Lipinski definition) is 3. The third-order valence-electron chi connectivity index (χ3n) is 3.13. The largest absolute Gasteiger partial charge is 0.245 e. The lowest BCUT2D eigenvalue weighted by Crippen LogP contribution is -2.34. The summed E-state index contributed by atoms with van der Waals surface area (Å²) in [6.07, 6.45) is 7.13. The van der Waals surface area contributed by atoms with Crippen LogP contribution in [0, 0.1) is 35.4 Å². The third-order valence-corrected chi connectivity index (χ3v) is 4.99. The van der Waals surface area contributed by atoms with Gasteiger partial charge in [0.2, 0.25) is 10.0 Å². The first-order valence-corrected chi connectivity index (χ1v) is 7.57. The molecule has 104 valence electrons. The predicted octanol–water partition coefficient (Wildman–Crippen LogP) is 1.73. The standard InChI is InChI=1S/C14H13FN2O2S/c1-2-8-17(10-11-6-7-11)20(18,19)14-5-3-4-13(15)12(14)9-16/h1,3-5,11H,6-8,10H2. The predicted molar refractivity (Wildman–Crippen MR) is 71.4 cm³/mol. The zero-order valence-electron chi connectivity index (χ0n) is 10.7. The second kappa shape index (κ2) is 5.62. The Kier molecular flexibility index (Phi) is 4.08. The van der Waals surface area contributed by atoms with E-state index in [2.05, 4.69) is 5.92 Å². The van der Waals surface area contributed by atoms with Crippen LogP contribution in [0.2, 0.25) is 0 Å². The summed E-state index contributed by atoms with van der Waals surface area (Å²) in [7, 11) is -3.96. The van der Waals surface area contributed by atoms with Crippen molar-refractivity contribution >= 4 is 10.0 Å². The van der Waals surface area contributed by atoms with E-state index in [1.165, 1.54) is 12.1 Å². The molecule has 20 heavy (non-hydrogen) atoms. The number of hydrogen-bond donors (Lipinski definition) is 0. The molecule has 0 aliphatic heterocycles. The van der Waals surface area contributed by atoms with E-state index in [9.17, 15) is 12.8 Å². The van der Waals surface area contributed by atoms with Gasteiger partial charge in [-0.05, 0) is 30.9 Å². The normalized spacial score (nSPS) is 14.8. The zero-order chi connectivity index (χ0) is 14.8. The van der Waals surface area contributed by atoms with Gasteiger partial charge in [0.1, 0.15) is 22.3 Å². The number of benzene rings is 1. The van der Waals surface area contributed by atoms with Crippen LogP contribution >= 0.6 is 0 Å². The molecule has 2 rings (SSSR count). The number of nitriles is 1. The van der Waals surface area contributed by atoms with Crippen LogP contribution in [-0.2, 0) is 10.0 Å². The van der Waals surface area contributed by atoms with Crippen LogP contribution in [-0.4, -0.2) is 25.8 Å². The third kappa shape index (κ3) is 2.82. The molecule has 6 heteroatoms. The number of sulfonamides is 1. The second-order valence-corrected chi connectivity index (χ2v) is 6.58. The fourth-order valence-corrected chi connectivity index (χ4v) is 3.49. The summed E-state index contributed by atoms with van der Waals surface area (Å²) in [5.74, 6) is 1.76. The van der Waals surface area contributed by atoms with Gasteiger partial charge < -0.3 is 0 Å². The molecule has 0 unspecified atom stereocenters. The maximum Gasteiger partial charge on any atom is 0.245 e. The Balaban J connectivity index is 2.45. The zero-order valence-corrected chi connectivity index (χ0v) is 11.5. The topological polar surface area (TPSA) is 61.2 Å². The van der Waals surface area contributed by atoms with Crippen LogP contribution in [0.15, 0.2) is 23.1 Å². The molecule has 4 nitrogen and oxygen atoms in total. The molecule has 1 aromatic rings. The fraction of sp³-hybridized carbons (Fsp3) is 0.357. The summed E-state index contributed by atoms with van der Waals surface area (Å²) in [4.78, 5) is -0.323. The van der Waals surface area contributed by atoms with Crippen molar-refractivity contribution in [3.8, 4) is 18.4 Å². The van der Waals surface area contributed by atoms with E-state index < -0.39 is 21.4 Å². The minimum atomic E-state index is -3.96. The molecule has 1 aliphatic rings. The molecule has 0 aromatic heterocycles. The van der Waals surface area contributed by atoms with Crippen LogP contribution in [0.1, 0.15) is 18.4 Å². The molecule has 1 fully saturated rings. The summed E-state index contributed by atoms with van der Waals surface area (Å²) in [5, 5.41) is 8.96. The van der Waals surface area contributed by atoms with Gasteiger partial charge in [-0.3, -0.25) is 0 Å². The molecule has 0 N–H and O–H groups in total. The van der Waals surface area contributed by atoms with Crippen molar-refractivity contribution in [2.24, 2.45) is 5.92 Å². The number of halogens is 1. The van der Waals surface area contributed by atoms with Crippen molar-refractivity contribution in [2.75, 3.05) is 13.1 Å². The van der Waals surface area contributed by atoms with Crippen LogP contribution < -0.4 is 0 Å². The lowest BCUT2D eigenvalue weighted by Gasteiger charge is -2.20.